The fourth-order valence-electron chi connectivity index (χ4n) is 1.69. The molecule has 0 amide bonds. The van der Waals surface area contributed by atoms with E-state index in [1.54, 1.807) is 6.92 Å². The Morgan fingerprint density at radius 2 is 2.25 bits per heavy atom. The lowest BCUT2D eigenvalue weighted by molar-refractivity contribution is -0.197. The smallest absolute Gasteiger partial charge is 0.280 e. The monoisotopic (exact) mass is 285 g/mol. The summed E-state index contributed by atoms with van der Waals surface area (Å²) in [6.07, 6.45) is -2.65. The number of aromatic amines is 1. The number of nitrogen functional groups attached to an aromatic ring is 1. The number of rotatable bonds is 5. The molecule has 0 aliphatic carbocycles. The summed E-state index contributed by atoms with van der Waals surface area (Å²) < 4.78 is 6.44. The van der Waals surface area contributed by atoms with E-state index in [1.807, 2.05) is 0 Å². The number of nitrogens with zero attached hydrogens (tertiary/aromatic N) is 3. The molecule has 0 saturated carbocycles. The van der Waals surface area contributed by atoms with E-state index in [4.69, 9.17) is 15.6 Å². The van der Waals surface area contributed by atoms with E-state index in [9.17, 15) is 15.0 Å². The van der Waals surface area contributed by atoms with Crippen molar-refractivity contribution in [2.75, 3.05) is 12.3 Å². The number of hydrogen-bond donors (Lipinski definition) is 5. The number of H-pyrrole nitrogens is 1. The Hall–Kier alpha value is -2.01. The molecule has 0 radical (unpaired) electrons. The summed E-state index contributed by atoms with van der Waals surface area (Å²) in [5.74, 6) is -0.134. The van der Waals surface area contributed by atoms with Gasteiger partial charge in [-0.25, -0.2) is 4.98 Å². The first-order chi connectivity index (χ1) is 9.43. The van der Waals surface area contributed by atoms with E-state index >= 15 is 0 Å². The molecule has 0 bridgehead atoms. The van der Waals surface area contributed by atoms with Crippen LogP contribution in [0.5, 0.6) is 0 Å². The molecule has 10 heteroatoms. The molecule has 0 aliphatic rings. The third kappa shape index (κ3) is 2.63. The van der Waals surface area contributed by atoms with Crippen molar-refractivity contribution in [1.82, 2.24) is 19.5 Å². The number of aliphatic hydroxyl groups is 3. The summed E-state index contributed by atoms with van der Waals surface area (Å²) in [5, 5.41) is 27.7. The summed E-state index contributed by atoms with van der Waals surface area (Å²) in [6, 6.07) is 0. The molecule has 0 unspecified atom stereocenters. The van der Waals surface area contributed by atoms with Gasteiger partial charge in [-0.05, 0) is 6.92 Å². The van der Waals surface area contributed by atoms with Crippen molar-refractivity contribution >= 4 is 17.1 Å². The van der Waals surface area contributed by atoms with Gasteiger partial charge >= 0.3 is 0 Å². The zero-order valence-electron chi connectivity index (χ0n) is 10.6. The van der Waals surface area contributed by atoms with Crippen LogP contribution in [0.3, 0.4) is 0 Å². The maximum Gasteiger partial charge on any atom is 0.280 e. The minimum absolute atomic E-state index is 0.00917. The van der Waals surface area contributed by atoms with E-state index in [1.165, 1.54) is 6.33 Å². The summed E-state index contributed by atoms with van der Waals surface area (Å²) in [5.41, 5.74) is 4.94. The average molecular weight is 285 g/mol. The van der Waals surface area contributed by atoms with Gasteiger partial charge in [0.2, 0.25) is 5.95 Å². The Bertz CT molecular complexity index is 651. The molecular weight excluding hydrogens is 270 g/mol. The average Bonchev–Trinajstić information content (AvgIpc) is 2.79. The summed E-state index contributed by atoms with van der Waals surface area (Å²) in [6.45, 7) is 1.23. The van der Waals surface area contributed by atoms with E-state index in [-0.39, 0.29) is 23.7 Å². The molecule has 0 spiro atoms. The van der Waals surface area contributed by atoms with E-state index in [2.05, 4.69) is 15.0 Å². The minimum Gasteiger partial charge on any atom is -0.394 e. The second-order valence-electron chi connectivity index (χ2n) is 4.21. The number of aromatic nitrogens is 4. The van der Waals surface area contributed by atoms with E-state index in [0.717, 1.165) is 4.57 Å². The van der Waals surface area contributed by atoms with Gasteiger partial charge < -0.3 is 25.8 Å². The second-order valence-corrected chi connectivity index (χ2v) is 4.21. The summed E-state index contributed by atoms with van der Waals surface area (Å²) in [4.78, 5) is 21.6. The Labute approximate surface area is 112 Å². The SMILES string of the molecule is C[C@@H](CO)O[C@H](C(O)O)n1cnc2c(=O)[nH]c(N)nc21. The first kappa shape index (κ1) is 14.4. The van der Waals surface area contributed by atoms with Gasteiger partial charge in [-0.2, -0.15) is 4.98 Å². The fourth-order valence-corrected chi connectivity index (χ4v) is 1.69. The predicted octanol–water partition coefficient (Wildman–Crippen LogP) is -2.09. The molecule has 0 aromatic carbocycles. The van der Waals surface area contributed by atoms with Crippen molar-refractivity contribution in [3.05, 3.63) is 16.7 Å². The van der Waals surface area contributed by atoms with Gasteiger partial charge in [0.25, 0.3) is 5.56 Å². The minimum atomic E-state index is -1.90. The highest BCUT2D eigenvalue weighted by atomic mass is 16.6. The van der Waals surface area contributed by atoms with Crippen molar-refractivity contribution < 1.29 is 20.1 Å². The van der Waals surface area contributed by atoms with Gasteiger partial charge in [0.15, 0.2) is 23.7 Å². The van der Waals surface area contributed by atoms with Crippen molar-refractivity contribution in [2.45, 2.75) is 25.5 Å². The van der Waals surface area contributed by atoms with Gasteiger partial charge in [-0.15, -0.1) is 0 Å². The van der Waals surface area contributed by atoms with Crippen molar-refractivity contribution in [3.63, 3.8) is 0 Å². The van der Waals surface area contributed by atoms with Crippen LogP contribution >= 0.6 is 0 Å². The summed E-state index contributed by atoms with van der Waals surface area (Å²) >= 11 is 0. The number of nitrogens with two attached hydrogens (primary N) is 1. The van der Waals surface area contributed by atoms with E-state index < -0.39 is 24.2 Å². The van der Waals surface area contributed by atoms with Gasteiger partial charge in [-0.3, -0.25) is 14.3 Å². The van der Waals surface area contributed by atoms with Crippen molar-refractivity contribution in [2.24, 2.45) is 0 Å². The van der Waals surface area contributed by atoms with Crippen LogP contribution in [0.25, 0.3) is 11.2 Å². The number of anilines is 1. The maximum atomic E-state index is 11.6. The first-order valence-corrected chi connectivity index (χ1v) is 5.78. The number of ether oxygens (including phenoxy) is 1. The number of imidazole rings is 1. The highest BCUT2D eigenvalue weighted by molar-refractivity contribution is 5.70. The Kier molecular flexibility index (Phi) is 3.99. The lowest BCUT2D eigenvalue weighted by Crippen LogP contribution is -2.30. The van der Waals surface area contributed by atoms with Crippen LogP contribution < -0.4 is 11.3 Å². The molecule has 0 fully saturated rings. The molecule has 6 N–H and O–H groups in total. The number of nitrogens with one attached hydrogen (secondary N) is 1. The number of hydrogen-bond acceptors (Lipinski definition) is 8. The van der Waals surface area contributed by atoms with Gasteiger partial charge in [0.05, 0.1) is 19.0 Å². The highest BCUT2D eigenvalue weighted by Gasteiger charge is 2.25. The molecule has 10 nitrogen and oxygen atoms in total. The van der Waals surface area contributed by atoms with E-state index in [0.29, 0.717) is 0 Å². The van der Waals surface area contributed by atoms with Crippen LogP contribution in [0.4, 0.5) is 5.95 Å². The van der Waals surface area contributed by atoms with Gasteiger partial charge in [0.1, 0.15) is 0 Å². The van der Waals surface area contributed by atoms with Crippen LogP contribution in [0.2, 0.25) is 0 Å². The Balaban J connectivity index is 2.51. The third-order valence-electron chi connectivity index (χ3n) is 2.61. The summed E-state index contributed by atoms with van der Waals surface area (Å²) in [7, 11) is 0. The molecule has 0 saturated heterocycles. The largest absolute Gasteiger partial charge is 0.394 e. The topological polar surface area (TPSA) is 160 Å². The Morgan fingerprint density at radius 1 is 1.55 bits per heavy atom. The molecule has 0 aliphatic heterocycles. The van der Waals surface area contributed by atoms with Crippen LogP contribution in [0.15, 0.2) is 11.1 Å². The Morgan fingerprint density at radius 3 is 2.85 bits per heavy atom. The second kappa shape index (κ2) is 5.54. The molecule has 20 heavy (non-hydrogen) atoms. The van der Waals surface area contributed by atoms with Crippen molar-refractivity contribution in [1.29, 1.82) is 0 Å². The highest BCUT2D eigenvalue weighted by Crippen LogP contribution is 2.19. The van der Waals surface area contributed by atoms with Crippen LogP contribution in [-0.4, -0.2) is 53.8 Å². The van der Waals surface area contributed by atoms with Crippen LogP contribution in [-0.2, 0) is 4.74 Å². The lowest BCUT2D eigenvalue weighted by atomic mass is 10.4. The fraction of sp³-hybridized carbons (Fsp3) is 0.500. The molecular formula is C10H15N5O5. The molecule has 2 aromatic heterocycles. The van der Waals surface area contributed by atoms with Crippen molar-refractivity contribution in [3.8, 4) is 0 Å². The zero-order chi connectivity index (χ0) is 14.9. The number of aliphatic hydroxyl groups excluding tert-OH is 2. The quantitative estimate of drug-likeness (QED) is 0.391. The third-order valence-corrected chi connectivity index (χ3v) is 2.61. The molecule has 2 heterocycles. The van der Waals surface area contributed by atoms with Gasteiger partial charge in [0, 0.05) is 0 Å². The maximum absolute atomic E-state index is 11.6. The molecule has 110 valence electrons. The predicted molar refractivity (Wildman–Crippen MR) is 67.5 cm³/mol. The molecule has 2 atom stereocenters. The number of fused-ring (bicyclic) bond motifs is 1. The lowest BCUT2D eigenvalue weighted by Gasteiger charge is -2.24. The molecule has 2 rings (SSSR count). The standard InChI is InChI=1S/C10H15N5O5/c1-4(2-16)20-8(9(18)19)15-3-12-5-6(15)13-10(11)14-7(5)17/h3-4,8-9,16,18-19H,2H2,1H3,(H3,11,13,14,17)/t4-,8+/m0/s1. The van der Waals surface area contributed by atoms with Crippen LogP contribution in [0.1, 0.15) is 13.2 Å². The zero-order valence-corrected chi connectivity index (χ0v) is 10.6. The molecule has 2 aromatic rings. The van der Waals surface area contributed by atoms with Crippen LogP contribution in [0, 0.1) is 0 Å². The van der Waals surface area contributed by atoms with Gasteiger partial charge in [-0.1, -0.05) is 0 Å². The normalized spacial score (nSPS) is 14.8. The first-order valence-electron chi connectivity index (χ1n) is 5.78.